The highest BCUT2D eigenvalue weighted by Gasteiger charge is 1.99. The minimum atomic E-state index is 0.724. The molecule has 0 saturated carbocycles. The highest BCUT2D eigenvalue weighted by molar-refractivity contribution is 7.80. The zero-order valence-corrected chi connectivity index (χ0v) is 21.2. The van der Waals surface area contributed by atoms with Gasteiger partial charge in [-0.1, -0.05) is 115 Å². The molecule has 3 nitrogen and oxygen atoms in total. The van der Waals surface area contributed by atoms with E-state index in [1.54, 1.807) is 7.11 Å². The maximum Gasteiger partial charge on any atom is 0.166 e. The Morgan fingerprint density at radius 3 is 1.77 bits per heavy atom. The van der Waals surface area contributed by atoms with E-state index in [0.717, 1.165) is 24.0 Å². The molecule has 4 heteroatoms. The van der Waals surface area contributed by atoms with Gasteiger partial charge in [0.05, 0.1) is 7.11 Å². The Morgan fingerprint density at radius 1 is 0.742 bits per heavy atom. The molecular weight excluding hydrogens is 400 g/mol. The van der Waals surface area contributed by atoms with Crippen molar-refractivity contribution in [2.24, 2.45) is 0 Å². The summed E-state index contributed by atoms with van der Waals surface area (Å²) in [5, 5.41) is 7.33. The second-order valence-corrected chi connectivity index (χ2v) is 9.17. The van der Waals surface area contributed by atoms with Crippen molar-refractivity contribution in [1.82, 2.24) is 10.6 Å². The normalized spacial score (nSPS) is 10.8. The standard InChI is InChI=1S/C27H48N2OS/c1-3-4-5-6-7-8-9-10-11-12-13-14-15-16-17-18-22-28-27(31)29-24-25-20-19-21-26(23-25)30-2/h19-21,23H,3-18,22,24H2,1-2H3,(H2,28,29,31). The number of hydrogen-bond donors (Lipinski definition) is 2. The van der Waals surface area contributed by atoms with Crippen LogP contribution in [-0.4, -0.2) is 18.8 Å². The fraction of sp³-hybridized carbons (Fsp3) is 0.741. The predicted octanol–water partition coefficient (Wildman–Crippen LogP) is 7.92. The molecule has 0 bridgehead atoms. The van der Waals surface area contributed by atoms with E-state index >= 15 is 0 Å². The van der Waals surface area contributed by atoms with Crippen molar-refractivity contribution < 1.29 is 4.74 Å². The number of rotatable bonds is 20. The van der Waals surface area contributed by atoms with E-state index in [-0.39, 0.29) is 0 Å². The van der Waals surface area contributed by atoms with Crippen LogP contribution in [0.1, 0.15) is 115 Å². The van der Waals surface area contributed by atoms with Gasteiger partial charge in [-0.3, -0.25) is 0 Å². The molecule has 0 aliphatic heterocycles. The fourth-order valence-corrected chi connectivity index (χ4v) is 4.08. The van der Waals surface area contributed by atoms with Gasteiger partial charge in [-0.15, -0.1) is 0 Å². The van der Waals surface area contributed by atoms with Crippen LogP contribution in [0.4, 0.5) is 0 Å². The molecule has 0 fully saturated rings. The van der Waals surface area contributed by atoms with Gasteiger partial charge >= 0.3 is 0 Å². The Balaban J connectivity index is 1.80. The van der Waals surface area contributed by atoms with Crippen molar-refractivity contribution in [2.45, 2.75) is 116 Å². The molecule has 1 aromatic carbocycles. The zero-order valence-electron chi connectivity index (χ0n) is 20.4. The molecule has 0 unspecified atom stereocenters. The maximum atomic E-state index is 5.37. The van der Waals surface area contributed by atoms with Crippen molar-refractivity contribution in [2.75, 3.05) is 13.7 Å². The summed E-state index contributed by atoms with van der Waals surface area (Å²) in [5.74, 6) is 0.881. The number of benzene rings is 1. The quantitative estimate of drug-likeness (QED) is 0.157. The van der Waals surface area contributed by atoms with E-state index in [1.807, 2.05) is 18.2 Å². The highest BCUT2D eigenvalue weighted by atomic mass is 32.1. The molecule has 0 heterocycles. The third-order valence-corrected chi connectivity index (χ3v) is 6.19. The van der Waals surface area contributed by atoms with Gasteiger partial charge in [0.15, 0.2) is 5.11 Å². The van der Waals surface area contributed by atoms with Crippen LogP contribution in [0.5, 0.6) is 5.75 Å². The molecule has 2 N–H and O–H groups in total. The summed E-state index contributed by atoms with van der Waals surface area (Å²) in [6.45, 7) is 3.97. The van der Waals surface area contributed by atoms with Gasteiger partial charge in [-0.2, -0.15) is 0 Å². The minimum Gasteiger partial charge on any atom is -0.497 e. The van der Waals surface area contributed by atoms with Gasteiger partial charge in [0.1, 0.15) is 5.75 Å². The maximum absolute atomic E-state index is 5.37. The molecule has 0 radical (unpaired) electrons. The first-order chi connectivity index (χ1) is 15.3. The van der Waals surface area contributed by atoms with Gasteiger partial charge in [-0.25, -0.2) is 0 Å². The summed E-state index contributed by atoms with van der Waals surface area (Å²) in [6.07, 6.45) is 22.4. The van der Waals surface area contributed by atoms with Crippen molar-refractivity contribution >= 4 is 17.3 Å². The third kappa shape index (κ3) is 17.0. The van der Waals surface area contributed by atoms with E-state index in [0.29, 0.717) is 0 Å². The molecule has 31 heavy (non-hydrogen) atoms. The summed E-state index contributed by atoms with van der Waals surface area (Å²) in [6, 6.07) is 8.07. The first kappa shape index (κ1) is 27.7. The van der Waals surface area contributed by atoms with E-state index in [9.17, 15) is 0 Å². The van der Waals surface area contributed by atoms with Crippen LogP contribution in [0.3, 0.4) is 0 Å². The molecular formula is C27H48N2OS. The Labute approximate surface area is 198 Å². The largest absolute Gasteiger partial charge is 0.497 e. The molecule has 0 aliphatic carbocycles. The van der Waals surface area contributed by atoms with Gasteiger partial charge in [0.2, 0.25) is 0 Å². The molecule has 0 amide bonds. The fourth-order valence-electron chi connectivity index (χ4n) is 3.90. The Morgan fingerprint density at radius 2 is 1.26 bits per heavy atom. The monoisotopic (exact) mass is 448 g/mol. The highest BCUT2D eigenvalue weighted by Crippen LogP contribution is 2.14. The van der Waals surface area contributed by atoms with Crippen LogP contribution < -0.4 is 15.4 Å². The lowest BCUT2D eigenvalue weighted by Gasteiger charge is -2.11. The lowest BCUT2D eigenvalue weighted by molar-refractivity contribution is 0.414. The van der Waals surface area contributed by atoms with Crippen LogP contribution in [-0.2, 0) is 6.54 Å². The SMILES string of the molecule is CCCCCCCCCCCCCCCCCCNC(=S)NCc1cccc(OC)c1. The van der Waals surface area contributed by atoms with E-state index in [4.69, 9.17) is 17.0 Å². The smallest absolute Gasteiger partial charge is 0.166 e. The second-order valence-electron chi connectivity index (χ2n) is 8.76. The predicted molar refractivity (Wildman–Crippen MR) is 140 cm³/mol. The van der Waals surface area contributed by atoms with E-state index in [2.05, 4.69) is 23.6 Å². The molecule has 1 aromatic rings. The van der Waals surface area contributed by atoms with Gasteiger partial charge in [0, 0.05) is 13.1 Å². The number of unbranched alkanes of at least 4 members (excludes halogenated alkanes) is 15. The van der Waals surface area contributed by atoms with Crippen molar-refractivity contribution in [3.63, 3.8) is 0 Å². The molecule has 0 atom stereocenters. The number of methoxy groups -OCH3 is 1. The Kier molecular flexibility index (Phi) is 18.4. The zero-order chi connectivity index (χ0) is 22.4. The van der Waals surface area contributed by atoms with E-state index in [1.165, 1.54) is 108 Å². The van der Waals surface area contributed by atoms with Crippen LogP contribution in [0.2, 0.25) is 0 Å². The van der Waals surface area contributed by atoms with Crippen LogP contribution in [0.25, 0.3) is 0 Å². The molecule has 178 valence electrons. The van der Waals surface area contributed by atoms with Crippen molar-refractivity contribution in [1.29, 1.82) is 0 Å². The van der Waals surface area contributed by atoms with Gasteiger partial charge in [0.25, 0.3) is 0 Å². The Bertz CT molecular complexity index is 550. The molecule has 0 spiro atoms. The molecule has 1 rings (SSSR count). The van der Waals surface area contributed by atoms with Gasteiger partial charge < -0.3 is 15.4 Å². The van der Waals surface area contributed by atoms with Crippen molar-refractivity contribution in [3.8, 4) is 5.75 Å². The summed E-state index contributed by atoms with van der Waals surface area (Å²) in [5.41, 5.74) is 1.17. The topological polar surface area (TPSA) is 33.3 Å². The first-order valence-corrected chi connectivity index (χ1v) is 13.3. The number of thiocarbonyl (C=S) groups is 1. The minimum absolute atomic E-state index is 0.724. The summed E-state index contributed by atoms with van der Waals surface area (Å²) >= 11 is 5.37. The summed E-state index contributed by atoms with van der Waals surface area (Å²) in [4.78, 5) is 0. The summed E-state index contributed by atoms with van der Waals surface area (Å²) in [7, 11) is 1.69. The lowest BCUT2D eigenvalue weighted by Crippen LogP contribution is -2.35. The van der Waals surface area contributed by atoms with E-state index < -0.39 is 0 Å². The Hall–Kier alpha value is -1.29. The van der Waals surface area contributed by atoms with Crippen LogP contribution in [0, 0.1) is 0 Å². The van der Waals surface area contributed by atoms with Crippen LogP contribution in [0.15, 0.2) is 24.3 Å². The molecule has 0 aliphatic rings. The van der Waals surface area contributed by atoms with Crippen molar-refractivity contribution in [3.05, 3.63) is 29.8 Å². The average Bonchev–Trinajstić information content (AvgIpc) is 2.80. The number of ether oxygens (including phenoxy) is 1. The second kappa shape index (κ2) is 20.6. The summed E-state index contributed by atoms with van der Waals surface area (Å²) < 4.78 is 5.25. The number of nitrogens with one attached hydrogen (secondary N) is 2. The number of hydrogen-bond acceptors (Lipinski definition) is 2. The molecule has 0 saturated heterocycles. The van der Waals surface area contributed by atoms with Gasteiger partial charge in [-0.05, 0) is 36.3 Å². The first-order valence-electron chi connectivity index (χ1n) is 12.9. The third-order valence-electron chi connectivity index (χ3n) is 5.90. The van der Waals surface area contributed by atoms with Crippen LogP contribution >= 0.6 is 12.2 Å². The lowest BCUT2D eigenvalue weighted by atomic mass is 10.0. The molecule has 0 aromatic heterocycles. The average molecular weight is 449 g/mol.